The van der Waals surface area contributed by atoms with Crippen molar-refractivity contribution < 1.29 is 14.2 Å². The molecule has 0 bridgehead atoms. The number of methoxy groups -OCH3 is 1. The smallest absolute Gasteiger partial charge is 0.165 e. The molecule has 0 aliphatic carbocycles. The molecule has 5 heteroatoms. The molecule has 1 aromatic carbocycles. The van der Waals surface area contributed by atoms with Gasteiger partial charge in [0, 0.05) is 29.8 Å². The van der Waals surface area contributed by atoms with Crippen LogP contribution in [0.2, 0.25) is 5.02 Å². The Morgan fingerprint density at radius 1 is 1.47 bits per heavy atom. The third-order valence-electron chi connectivity index (χ3n) is 3.12. The van der Waals surface area contributed by atoms with Gasteiger partial charge in [-0.2, -0.15) is 0 Å². The number of ether oxygens (including phenoxy) is 3. The Morgan fingerprint density at radius 3 is 2.95 bits per heavy atom. The van der Waals surface area contributed by atoms with E-state index >= 15 is 0 Å². The maximum Gasteiger partial charge on any atom is 0.165 e. The molecule has 1 N–H and O–H groups in total. The molecule has 1 unspecified atom stereocenters. The SMILES string of the molecule is CNCc1cc(Cl)cc(OC)c1OCC1CCCO1. The largest absolute Gasteiger partial charge is 0.493 e. The van der Waals surface area contributed by atoms with Crippen molar-refractivity contribution in [3.63, 3.8) is 0 Å². The van der Waals surface area contributed by atoms with Gasteiger partial charge in [-0.05, 0) is 26.0 Å². The number of halogens is 1. The molecule has 2 rings (SSSR count). The molecule has 0 amide bonds. The highest BCUT2D eigenvalue weighted by atomic mass is 35.5. The van der Waals surface area contributed by atoms with Gasteiger partial charge in [-0.25, -0.2) is 0 Å². The zero-order chi connectivity index (χ0) is 13.7. The number of nitrogens with one attached hydrogen (secondary N) is 1. The summed E-state index contributed by atoms with van der Waals surface area (Å²) in [6.45, 7) is 2.06. The molecule has 19 heavy (non-hydrogen) atoms. The van der Waals surface area contributed by atoms with Crippen molar-refractivity contribution in [3.05, 3.63) is 22.7 Å². The van der Waals surface area contributed by atoms with Crippen LogP contribution in [-0.4, -0.2) is 33.5 Å². The number of rotatable bonds is 6. The van der Waals surface area contributed by atoms with Gasteiger partial charge in [-0.3, -0.25) is 0 Å². The molecule has 106 valence electrons. The van der Waals surface area contributed by atoms with Crippen molar-refractivity contribution in [2.45, 2.75) is 25.5 Å². The zero-order valence-electron chi connectivity index (χ0n) is 11.4. The first-order chi connectivity index (χ1) is 9.24. The van der Waals surface area contributed by atoms with Crippen molar-refractivity contribution in [3.8, 4) is 11.5 Å². The van der Waals surface area contributed by atoms with E-state index in [9.17, 15) is 0 Å². The fourth-order valence-corrected chi connectivity index (χ4v) is 2.44. The minimum Gasteiger partial charge on any atom is -0.493 e. The third kappa shape index (κ3) is 3.75. The first-order valence-corrected chi connectivity index (χ1v) is 6.87. The Bertz CT molecular complexity index is 419. The van der Waals surface area contributed by atoms with Crippen molar-refractivity contribution >= 4 is 11.6 Å². The minimum absolute atomic E-state index is 0.183. The van der Waals surface area contributed by atoms with E-state index in [1.807, 2.05) is 13.1 Å². The van der Waals surface area contributed by atoms with Gasteiger partial charge >= 0.3 is 0 Å². The molecule has 1 fully saturated rings. The molecule has 0 aromatic heterocycles. The molecular formula is C14H20ClNO3. The van der Waals surface area contributed by atoms with Crippen LogP contribution in [0.25, 0.3) is 0 Å². The lowest BCUT2D eigenvalue weighted by atomic mass is 10.1. The molecule has 1 aliphatic rings. The molecule has 0 radical (unpaired) electrons. The van der Waals surface area contributed by atoms with Gasteiger partial charge in [-0.15, -0.1) is 0 Å². The van der Waals surface area contributed by atoms with Crippen molar-refractivity contribution in [1.29, 1.82) is 0 Å². The summed E-state index contributed by atoms with van der Waals surface area (Å²) in [4.78, 5) is 0. The summed E-state index contributed by atoms with van der Waals surface area (Å²) in [5, 5.41) is 3.75. The van der Waals surface area contributed by atoms with Crippen LogP contribution in [0.3, 0.4) is 0 Å². The second-order valence-electron chi connectivity index (χ2n) is 4.57. The van der Waals surface area contributed by atoms with E-state index in [4.69, 9.17) is 25.8 Å². The van der Waals surface area contributed by atoms with Crippen LogP contribution in [0.4, 0.5) is 0 Å². The molecule has 1 atom stereocenters. The minimum atomic E-state index is 0.183. The Hall–Kier alpha value is -0.970. The van der Waals surface area contributed by atoms with E-state index in [1.54, 1.807) is 13.2 Å². The van der Waals surface area contributed by atoms with Gasteiger partial charge < -0.3 is 19.5 Å². The number of hydrogen-bond acceptors (Lipinski definition) is 4. The topological polar surface area (TPSA) is 39.7 Å². The summed E-state index contributed by atoms with van der Waals surface area (Å²) < 4.78 is 16.8. The lowest BCUT2D eigenvalue weighted by molar-refractivity contribution is 0.0666. The van der Waals surface area contributed by atoms with E-state index in [0.29, 0.717) is 23.9 Å². The maximum atomic E-state index is 6.08. The third-order valence-corrected chi connectivity index (χ3v) is 3.34. The van der Waals surface area contributed by atoms with Gasteiger partial charge in [0.05, 0.1) is 13.2 Å². The lowest BCUT2D eigenvalue weighted by Gasteiger charge is -2.17. The molecule has 1 heterocycles. The van der Waals surface area contributed by atoms with Crippen molar-refractivity contribution in [1.82, 2.24) is 5.32 Å². The van der Waals surface area contributed by atoms with E-state index in [0.717, 1.165) is 30.8 Å². The van der Waals surface area contributed by atoms with Gasteiger partial charge in [-0.1, -0.05) is 11.6 Å². The maximum absolute atomic E-state index is 6.08. The quantitative estimate of drug-likeness (QED) is 0.872. The first kappa shape index (κ1) is 14.4. The molecule has 1 aliphatic heterocycles. The van der Waals surface area contributed by atoms with Crippen LogP contribution in [-0.2, 0) is 11.3 Å². The highest BCUT2D eigenvalue weighted by Crippen LogP contribution is 2.35. The predicted octanol–water partition coefficient (Wildman–Crippen LogP) is 2.63. The summed E-state index contributed by atoms with van der Waals surface area (Å²) in [7, 11) is 3.50. The van der Waals surface area contributed by atoms with Crippen molar-refractivity contribution in [2.24, 2.45) is 0 Å². The molecule has 1 aromatic rings. The average Bonchev–Trinajstić information content (AvgIpc) is 2.90. The predicted molar refractivity (Wildman–Crippen MR) is 75.2 cm³/mol. The summed E-state index contributed by atoms with van der Waals surface area (Å²) in [6.07, 6.45) is 2.34. The Balaban J connectivity index is 2.14. The summed E-state index contributed by atoms with van der Waals surface area (Å²) in [6, 6.07) is 3.66. The van der Waals surface area contributed by atoms with E-state index < -0.39 is 0 Å². The van der Waals surface area contributed by atoms with E-state index in [-0.39, 0.29) is 6.10 Å². The van der Waals surface area contributed by atoms with E-state index in [2.05, 4.69) is 5.32 Å². The number of hydrogen-bond donors (Lipinski definition) is 1. The molecule has 0 spiro atoms. The van der Waals surface area contributed by atoms with Crippen LogP contribution < -0.4 is 14.8 Å². The van der Waals surface area contributed by atoms with Gasteiger partial charge in [0.15, 0.2) is 11.5 Å². The second kappa shape index (κ2) is 6.98. The molecule has 4 nitrogen and oxygen atoms in total. The van der Waals surface area contributed by atoms with Crippen LogP contribution >= 0.6 is 11.6 Å². The highest BCUT2D eigenvalue weighted by molar-refractivity contribution is 6.30. The Morgan fingerprint density at radius 2 is 2.32 bits per heavy atom. The van der Waals surface area contributed by atoms with Gasteiger partial charge in [0.1, 0.15) is 6.61 Å². The summed E-state index contributed by atoms with van der Waals surface area (Å²) in [5.74, 6) is 1.41. The number of benzene rings is 1. The second-order valence-corrected chi connectivity index (χ2v) is 5.01. The molecular weight excluding hydrogens is 266 g/mol. The fraction of sp³-hybridized carbons (Fsp3) is 0.571. The summed E-state index contributed by atoms with van der Waals surface area (Å²) in [5.41, 5.74) is 0.991. The molecule has 0 saturated carbocycles. The normalized spacial score (nSPS) is 18.6. The van der Waals surface area contributed by atoms with Crippen molar-refractivity contribution in [2.75, 3.05) is 27.4 Å². The van der Waals surface area contributed by atoms with Crippen LogP contribution in [0.1, 0.15) is 18.4 Å². The van der Waals surface area contributed by atoms with Gasteiger partial charge in [0.25, 0.3) is 0 Å². The van der Waals surface area contributed by atoms with Crippen LogP contribution in [0, 0.1) is 0 Å². The standard InChI is InChI=1S/C14H20ClNO3/c1-16-8-10-6-11(15)7-13(17-2)14(10)19-9-12-4-3-5-18-12/h6-7,12,16H,3-5,8-9H2,1-2H3. The molecule has 1 saturated heterocycles. The lowest BCUT2D eigenvalue weighted by Crippen LogP contribution is -2.18. The van der Waals surface area contributed by atoms with Gasteiger partial charge in [0.2, 0.25) is 0 Å². The highest BCUT2D eigenvalue weighted by Gasteiger charge is 2.19. The Labute approximate surface area is 119 Å². The zero-order valence-corrected chi connectivity index (χ0v) is 12.1. The Kier molecular flexibility index (Phi) is 5.31. The van der Waals surface area contributed by atoms with Crippen LogP contribution in [0.15, 0.2) is 12.1 Å². The average molecular weight is 286 g/mol. The fourth-order valence-electron chi connectivity index (χ4n) is 2.21. The van der Waals surface area contributed by atoms with E-state index in [1.165, 1.54) is 0 Å². The van der Waals surface area contributed by atoms with Crippen LogP contribution in [0.5, 0.6) is 11.5 Å². The first-order valence-electron chi connectivity index (χ1n) is 6.50. The monoisotopic (exact) mass is 285 g/mol. The summed E-state index contributed by atoms with van der Waals surface area (Å²) >= 11 is 6.08.